The van der Waals surface area contributed by atoms with Gasteiger partial charge in [-0.3, -0.25) is 4.79 Å². The average molecular weight is 522 g/mol. The fourth-order valence-corrected chi connectivity index (χ4v) is 5.57. The second kappa shape index (κ2) is 9.78. The maximum atomic E-state index is 12.2. The van der Waals surface area contributed by atoms with Gasteiger partial charge in [0.25, 0.3) is 5.91 Å². The van der Waals surface area contributed by atoms with Gasteiger partial charge in [0.1, 0.15) is 5.15 Å². The van der Waals surface area contributed by atoms with E-state index < -0.39 is 27.8 Å². The first-order valence-corrected chi connectivity index (χ1v) is 12.4. The number of carbonyl (C=O) groups is 2. The van der Waals surface area contributed by atoms with Gasteiger partial charge in [-0.05, 0) is 32.4 Å². The third-order valence-corrected chi connectivity index (χ3v) is 7.34. The van der Waals surface area contributed by atoms with E-state index in [-0.39, 0.29) is 33.5 Å². The van der Waals surface area contributed by atoms with Crippen LogP contribution in [0.25, 0.3) is 6.08 Å². The molecule has 1 aliphatic rings. The average Bonchev–Trinajstić information content (AvgIpc) is 3.20. The lowest BCUT2D eigenvalue weighted by Crippen LogP contribution is -2.29. The van der Waals surface area contributed by atoms with Crippen molar-refractivity contribution in [3.05, 3.63) is 44.8 Å². The first-order chi connectivity index (χ1) is 15.0. The molecule has 1 fully saturated rings. The molecule has 1 amide bonds. The summed E-state index contributed by atoms with van der Waals surface area (Å²) in [6, 6.07) is 1.07. The number of aromatic nitrogens is 3. The Balaban J connectivity index is 1.63. The van der Waals surface area contributed by atoms with Gasteiger partial charge in [0, 0.05) is 17.8 Å². The first-order valence-electron chi connectivity index (χ1n) is 9.42. The van der Waals surface area contributed by atoms with Crippen LogP contribution in [0.3, 0.4) is 0 Å². The molecule has 32 heavy (non-hydrogen) atoms. The number of pyridine rings is 1. The summed E-state index contributed by atoms with van der Waals surface area (Å²) in [4.78, 5) is 28.3. The molecule has 0 spiro atoms. The Morgan fingerprint density at radius 1 is 1.34 bits per heavy atom. The number of anilines is 1. The summed E-state index contributed by atoms with van der Waals surface area (Å²) < 4.78 is 30.0. The summed E-state index contributed by atoms with van der Waals surface area (Å²) in [5.74, 6) is -1.27. The van der Waals surface area contributed by atoms with E-state index in [1.807, 2.05) is 0 Å². The van der Waals surface area contributed by atoms with Crippen molar-refractivity contribution >= 4 is 68.4 Å². The Bertz CT molecular complexity index is 1200. The van der Waals surface area contributed by atoms with Gasteiger partial charge in [-0.25, -0.2) is 22.9 Å². The summed E-state index contributed by atoms with van der Waals surface area (Å²) in [6.07, 6.45) is 3.13. The minimum Gasteiger partial charge on any atom is -0.449 e. The van der Waals surface area contributed by atoms with Gasteiger partial charge in [0.15, 0.2) is 21.8 Å². The molecule has 2 atom stereocenters. The van der Waals surface area contributed by atoms with Gasteiger partial charge in [-0.2, -0.15) is 5.10 Å². The molecule has 3 heterocycles. The molecule has 3 rings (SSSR count). The van der Waals surface area contributed by atoms with Crippen LogP contribution in [0.5, 0.6) is 0 Å². The smallest absolute Gasteiger partial charge is 0.331 e. The summed E-state index contributed by atoms with van der Waals surface area (Å²) in [6.45, 7) is 3.08. The summed E-state index contributed by atoms with van der Waals surface area (Å²) in [5.41, 5.74) is 0.986. The number of rotatable bonds is 6. The minimum atomic E-state index is -3.11. The zero-order valence-electron chi connectivity index (χ0n) is 17.0. The number of esters is 1. The van der Waals surface area contributed by atoms with E-state index >= 15 is 0 Å². The van der Waals surface area contributed by atoms with E-state index in [1.54, 1.807) is 6.92 Å². The van der Waals surface area contributed by atoms with Crippen LogP contribution in [0.15, 0.2) is 18.3 Å². The van der Waals surface area contributed by atoms with Crippen LogP contribution in [-0.4, -0.2) is 52.7 Å². The van der Waals surface area contributed by atoms with Gasteiger partial charge in [0.2, 0.25) is 0 Å². The standard InChI is InChI=1S/C19H19Cl3N4O5S/c1-10-14(17(22)26(25-10)13-5-6-32(29,30)9-13)3-4-16(27)31-11(2)19(28)24-18-15(21)7-12(20)8-23-18/h3-4,7-8,11,13H,5-6,9H2,1-2H3,(H,23,24,28)/b4-3+/t11-,13-/m1/s1. The van der Waals surface area contributed by atoms with Crippen molar-refractivity contribution in [3.63, 3.8) is 0 Å². The Morgan fingerprint density at radius 3 is 2.69 bits per heavy atom. The van der Waals surface area contributed by atoms with Gasteiger partial charge in [0.05, 0.1) is 33.3 Å². The molecule has 2 aromatic heterocycles. The lowest BCUT2D eigenvalue weighted by atomic mass is 10.2. The predicted octanol–water partition coefficient (Wildman–Crippen LogP) is 3.49. The van der Waals surface area contributed by atoms with Gasteiger partial charge in [-0.15, -0.1) is 0 Å². The Kier molecular flexibility index (Phi) is 7.49. The molecule has 0 unspecified atom stereocenters. The van der Waals surface area contributed by atoms with E-state index in [4.69, 9.17) is 39.5 Å². The molecular weight excluding hydrogens is 503 g/mol. The fraction of sp³-hybridized carbons (Fsp3) is 0.368. The fourth-order valence-electron chi connectivity index (χ4n) is 3.07. The van der Waals surface area contributed by atoms with E-state index in [2.05, 4.69) is 15.4 Å². The molecular formula is C19H19Cl3N4O5S. The van der Waals surface area contributed by atoms with Crippen molar-refractivity contribution in [2.45, 2.75) is 32.4 Å². The van der Waals surface area contributed by atoms with Crippen LogP contribution in [0.2, 0.25) is 15.2 Å². The quantitative estimate of drug-likeness (QED) is 0.456. The van der Waals surface area contributed by atoms with Crippen molar-refractivity contribution < 1.29 is 22.7 Å². The van der Waals surface area contributed by atoms with Crippen LogP contribution in [0, 0.1) is 6.92 Å². The molecule has 13 heteroatoms. The highest BCUT2D eigenvalue weighted by molar-refractivity contribution is 7.91. The van der Waals surface area contributed by atoms with Crippen molar-refractivity contribution in [1.29, 1.82) is 0 Å². The molecule has 0 bridgehead atoms. The molecule has 1 aliphatic heterocycles. The molecule has 1 N–H and O–H groups in total. The molecule has 2 aromatic rings. The van der Waals surface area contributed by atoms with Crippen LogP contribution >= 0.6 is 34.8 Å². The number of aryl methyl sites for hydroxylation is 1. The summed E-state index contributed by atoms with van der Waals surface area (Å²) in [5, 5.41) is 7.44. The number of nitrogens with one attached hydrogen (secondary N) is 1. The third-order valence-electron chi connectivity index (χ3n) is 4.72. The number of halogens is 3. The van der Waals surface area contributed by atoms with Crippen LogP contribution in [-0.2, 0) is 24.2 Å². The number of nitrogens with zero attached hydrogens (tertiary/aromatic N) is 3. The molecule has 0 aliphatic carbocycles. The van der Waals surface area contributed by atoms with Gasteiger partial charge >= 0.3 is 5.97 Å². The Morgan fingerprint density at radius 2 is 2.06 bits per heavy atom. The topological polar surface area (TPSA) is 120 Å². The summed E-state index contributed by atoms with van der Waals surface area (Å²) >= 11 is 18.1. The monoisotopic (exact) mass is 520 g/mol. The number of sulfone groups is 1. The molecule has 9 nitrogen and oxygen atoms in total. The highest BCUT2D eigenvalue weighted by Gasteiger charge is 2.31. The predicted molar refractivity (Wildman–Crippen MR) is 122 cm³/mol. The number of amides is 1. The zero-order valence-corrected chi connectivity index (χ0v) is 20.1. The number of hydrogen-bond acceptors (Lipinski definition) is 7. The molecule has 1 saturated heterocycles. The molecule has 0 radical (unpaired) electrons. The number of carbonyl (C=O) groups excluding carboxylic acids is 2. The largest absolute Gasteiger partial charge is 0.449 e. The van der Waals surface area contributed by atoms with E-state index in [0.717, 1.165) is 6.08 Å². The van der Waals surface area contributed by atoms with Crippen molar-refractivity contribution in [1.82, 2.24) is 14.8 Å². The summed E-state index contributed by atoms with van der Waals surface area (Å²) in [7, 11) is -3.11. The highest BCUT2D eigenvalue weighted by atomic mass is 35.5. The Labute approximate surface area is 199 Å². The van der Waals surface area contributed by atoms with Gasteiger partial charge < -0.3 is 10.1 Å². The number of ether oxygens (including phenoxy) is 1. The lowest BCUT2D eigenvalue weighted by molar-refractivity contribution is -0.148. The maximum absolute atomic E-state index is 12.2. The van der Waals surface area contributed by atoms with Gasteiger partial charge in [-0.1, -0.05) is 34.8 Å². The van der Waals surface area contributed by atoms with Crippen LogP contribution in [0.1, 0.15) is 30.6 Å². The SMILES string of the molecule is Cc1nn([C@@H]2CCS(=O)(=O)C2)c(Cl)c1/C=C/C(=O)O[C@H](C)C(=O)Nc1ncc(Cl)cc1Cl. The maximum Gasteiger partial charge on any atom is 0.331 e. The number of hydrogen-bond donors (Lipinski definition) is 1. The van der Waals surface area contributed by atoms with E-state index in [1.165, 1.54) is 29.9 Å². The second-order valence-electron chi connectivity index (χ2n) is 7.18. The van der Waals surface area contributed by atoms with Crippen molar-refractivity contribution in [3.8, 4) is 0 Å². The van der Waals surface area contributed by atoms with E-state index in [9.17, 15) is 18.0 Å². The molecule has 172 valence electrons. The highest BCUT2D eigenvalue weighted by Crippen LogP contribution is 2.30. The van der Waals surface area contributed by atoms with Crippen LogP contribution in [0.4, 0.5) is 5.82 Å². The second-order valence-corrected chi connectivity index (χ2v) is 10.6. The zero-order chi connectivity index (χ0) is 23.6. The minimum absolute atomic E-state index is 0.0296. The molecule has 0 saturated carbocycles. The van der Waals surface area contributed by atoms with Crippen molar-refractivity contribution in [2.75, 3.05) is 16.8 Å². The third kappa shape index (κ3) is 5.80. The Hall–Kier alpha value is -2.14. The normalized spacial score (nSPS) is 18.6. The van der Waals surface area contributed by atoms with Crippen molar-refractivity contribution in [2.24, 2.45) is 0 Å². The lowest BCUT2D eigenvalue weighted by Gasteiger charge is -2.12. The van der Waals surface area contributed by atoms with Crippen LogP contribution < -0.4 is 5.32 Å². The van der Waals surface area contributed by atoms with E-state index in [0.29, 0.717) is 22.7 Å². The molecule has 0 aromatic carbocycles. The first kappa shape index (κ1) is 24.5.